The maximum absolute atomic E-state index is 11.6. The Balaban J connectivity index is 2.42. The third-order valence-corrected chi connectivity index (χ3v) is 3.09. The minimum atomic E-state index is -0.00587. The third-order valence-electron chi connectivity index (χ3n) is 3.09. The van der Waals surface area contributed by atoms with Gasteiger partial charge in [0.25, 0.3) is 0 Å². The molecular weight excluding hydrogens is 240 g/mol. The molecule has 4 nitrogen and oxygen atoms in total. The number of benzene rings is 1. The average Bonchev–Trinajstić information content (AvgIpc) is 2.36. The molecule has 1 atom stereocenters. The smallest absolute Gasteiger partial charge is 0.234 e. The first-order chi connectivity index (χ1) is 9.04. The van der Waals surface area contributed by atoms with Crippen molar-refractivity contribution in [2.45, 2.75) is 26.8 Å². The van der Waals surface area contributed by atoms with Crippen molar-refractivity contribution < 1.29 is 9.53 Å². The SMILES string of the molecule is COCCNC(=O)CNC(C)c1ccc(C)cc1C. The van der Waals surface area contributed by atoms with E-state index in [0.717, 1.165) is 0 Å². The fourth-order valence-electron chi connectivity index (χ4n) is 2.02. The highest BCUT2D eigenvalue weighted by Gasteiger charge is 2.09. The minimum Gasteiger partial charge on any atom is -0.383 e. The van der Waals surface area contributed by atoms with E-state index in [1.54, 1.807) is 7.11 Å². The molecule has 0 heterocycles. The second-order valence-electron chi connectivity index (χ2n) is 4.81. The van der Waals surface area contributed by atoms with Gasteiger partial charge in [0.05, 0.1) is 13.2 Å². The van der Waals surface area contributed by atoms with Crippen LogP contribution in [0.15, 0.2) is 18.2 Å². The molecule has 0 aliphatic rings. The van der Waals surface area contributed by atoms with E-state index >= 15 is 0 Å². The van der Waals surface area contributed by atoms with Gasteiger partial charge in [0.1, 0.15) is 0 Å². The number of hydrogen-bond acceptors (Lipinski definition) is 3. The molecular formula is C15H24N2O2. The lowest BCUT2D eigenvalue weighted by Gasteiger charge is -2.17. The van der Waals surface area contributed by atoms with Gasteiger partial charge in [-0.25, -0.2) is 0 Å². The summed E-state index contributed by atoms with van der Waals surface area (Å²) in [6.07, 6.45) is 0. The molecule has 1 aromatic rings. The van der Waals surface area contributed by atoms with Crippen molar-refractivity contribution in [1.29, 1.82) is 0 Å². The summed E-state index contributed by atoms with van der Waals surface area (Å²) in [6, 6.07) is 6.53. The average molecular weight is 264 g/mol. The highest BCUT2D eigenvalue weighted by atomic mass is 16.5. The molecule has 1 aromatic carbocycles. The van der Waals surface area contributed by atoms with E-state index in [2.05, 4.69) is 49.6 Å². The van der Waals surface area contributed by atoms with Gasteiger partial charge in [-0.2, -0.15) is 0 Å². The van der Waals surface area contributed by atoms with Gasteiger partial charge >= 0.3 is 0 Å². The first-order valence-electron chi connectivity index (χ1n) is 6.60. The maximum atomic E-state index is 11.6. The maximum Gasteiger partial charge on any atom is 0.234 e. The van der Waals surface area contributed by atoms with Crippen LogP contribution < -0.4 is 10.6 Å². The summed E-state index contributed by atoms with van der Waals surface area (Å²) < 4.78 is 4.88. The van der Waals surface area contributed by atoms with Crippen molar-refractivity contribution in [2.24, 2.45) is 0 Å². The van der Waals surface area contributed by atoms with Gasteiger partial charge in [-0.05, 0) is 31.9 Å². The number of methoxy groups -OCH3 is 1. The Labute approximate surface area is 115 Å². The Bertz CT molecular complexity index is 419. The highest BCUT2D eigenvalue weighted by Crippen LogP contribution is 2.18. The molecule has 0 saturated carbocycles. The fourth-order valence-corrected chi connectivity index (χ4v) is 2.02. The van der Waals surface area contributed by atoms with Crippen molar-refractivity contribution in [1.82, 2.24) is 10.6 Å². The van der Waals surface area contributed by atoms with Crippen molar-refractivity contribution in [3.05, 3.63) is 34.9 Å². The molecule has 0 aliphatic carbocycles. The van der Waals surface area contributed by atoms with Crippen molar-refractivity contribution in [2.75, 3.05) is 26.8 Å². The highest BCUT2D eigenvalue weighted by molar-refractivity contribution is 5.78. The number of hydrogen-bond donors (Lipinski definition) is 2. The molecule has 2 N–H and O–H groups in total. The quantitative estimate of drug-likeness (QED) is 0.737. The molecule has 0 fully saturated rings. The van der Waals surface area contributed by atoms with Crippen LogP contribution in [0.1, 0.15) is 29.7 Å². The van der Waals surface area contributed by atoms with E-state index in [4.69, 9.17) is 4.74 Å². The van der Waals surface area contributed by atoms with Crippen LogP contribution in [0.5, 0.6) is 0 Å². The molecule has 0 spiro atoms. The van der Waals surface area contributed by atoms with Crippen molar-refractivity contribution in [3.63, 3.8) is 0 Å². The van der Waals surface area contributed by atoms with Crippen LogP contribution in [0.2, 0.25) is 0 Å². The van der Waals surface area contributed by atoms with Crippen LogP contribution in [0.4, 0.5) is 0 Å². The van der Waals surface area contributed by atoms with Gasteiger partial charge < -0.3 is 15.4 Å². The molecule has 0 aliphatic heterocycles. The molecule has 0 radical (unpaired) electrons. The molecule has 0 bridgehead atoms. The molecule has 0 aromatic heterocycles. The van der Waals surface area contributed by atoms with Crippen LogP contribution in [-0.2, 0) is 9.53 Å². The normalized spacial score (nSPS) is 12.2. The minimum absolute atomic E-state index is 0.00587. The second-order valence-corrected chi connectivity index (χ2v) is 4.81. The predicted molar refractivity (Wildman–Crippen MR) is 77.2 cm³/mol. The Hall–Kier alpha value is -1.39. The Kier molecular flexibility index (Phi) is 6.53. The number of rotatable bonds is 7. The molecule has 0 saturated heterocycles. The summed E-state index contributed by atoms with van der Waals surface area (Å²) >= 11 is 0. The summed E-state index contributed by atoms with van der Waals surface area (Å²) in [5.41, 5.74) is 3.74. The van der Waals surface area contributed by atoms with E-state index in [-0.39, 0.29) is 11.9 Å². The molecule has 19 heavy (non-hydrogen) atoms. The van der Waals surface area contributed by atoms with E-state index in [0.29, 0.717) is 19.7 Å². The lowest BCUT2D eigenvalue weighted by Crippen LogP contribution is -2.36. The Morgan fingerprint density at radius 2 is 2.11 bits per heavy atom. The van der Waals surface area contributed by atoms with E-state index < -0.39 is 0 Å². The van der Waals surface area contributed by atoms with Crippen LogP contribution in [0.25, 0.3) is 0 Å². The van der Waals surface area contributed by atoms with Crippen molar-refractivity contribution >= 4 is 5.91 Å². The number of amides is 1. The van der Waals surface area contributed by atoms with Gasteiger partial charge in [0.2, 0.25) is 5.91 Å². The molecule has 106 valence electrons. The van der Waals surface area contributed by atoms with Gasteiger partial charge in [-0.15, -0.1) is 0 Å². The van der Waals surface area contributed by atoms with Crippen LogP contribution in [0.3, 0.4) is 0 Å². The second kappa shape index (κ2) is 7.92. The predicted octanol–water partition coefficient (Wildman–Crippen LogP) is 1.72. The fraction of sp³-hybridized carbons (Fsp3) is 0.533. The summed E-state index contributed by atoms with van der Waals surface area (Å²) in [6.45, 7) is 7.66. The summed E-state index contributed by atoms with van der Waals surface area (Å²) in [4.78, 5) is 11.6. The largest absolute Gasteiger partial charge is 0.383 e. The monoisotopic (exact) mass is 264 g/mol. The van der Waals surface area contributed by atoms with E-state index in [1.165, 1.54) is 16.7 Å². The third kappa shape index (κ3) is 5.41. The topological polar surface area (TPSA) is 50.4 Å². The number of carbonyl (C=O) groups excluding carboxylic acids is 1. The van der Waals surface area contributed by atoms with Gasteiger partial charge in [-0.3, -0.25) is 4.79 Å². The Morgan fingerprint density at radius 1 is 1.37 bits per heavy atom. The number of ether oxygens (including phenoxy) is 1. The number of nitrogens with one attached hydrogen (secondary N) is 2. The first-order valence-corrected chi connectivity index (χ1v) is 6.60. The van der Waals surface area contributed by atoms with Crippen LogP contribution >= 0.6 is 0 Å². The number of aryl methyl sites for hydroxylation is 2. The van der Waals surface area contributed by atoms with Gasteiger partial charge in [0.15, 0.2) is 0 Å². The van der Waals surface area contributed by atoms with Crippen LogP contribution in [-0.4, -0.2) is 32.7 Å². The van der Waals surface area contributed by atoms with Crippen LogP contribution in [0, 0.1) is 13.8 Å². The molecule has 1 amide bonds. The van der Waals surface area contributed by atoms with E-state index in [9.17, 15) is 4.79 Å². The molecule has 1 unspecified atom stereocenters. The standard InChI is InChI=1S/C15H24N2O2/c1-11-5-6-14(12(2)9-11)13(3)17-10-15(18)16-7-8-19-4/h5-6,9,13,17H,7-8,10H2,1-4H3,(H,16,18). The van der Waals surface area contributed by atoms with Gasteiger partial charge in [-0.1, -0.05) is 23.8 Å². The van der Waals surface area contributed by atoms with E-state index in [1.807, 2.05) is 0 Å². The van der Waals surface area contributed by atoms with Crippen molar-refractivity contribution in [3.8, 4) is 0 Å². The summed E-state index contributed by atoms with van der Waals surface area (Å²) in [5, 5.41) is 6.02. The summed E-state index contributed by atoms with van der Waals surface area (Å²) in [7, 11) is 1.62. The first kappa shape index (κ1) is 15.7. The lowest BCUT2D eigenvalue weighted by atomic mass is 10.0. The summed E-state index contributed by atoms with van der Waals surface area (Å²) in [5.74, 6) is -0.00587. The Morgan fingerprint density at radius 3 is 2.74 bits per heavy atom. The zero-order chi connectivity index (χ0) is 14.3. The number of carbonyl (C=O) groups is 1. The zero-order valence-electron chi connectivity index (χ0n) is 12.2. The molecule has 4 heteroatoms. The zero-order valence-corrected chi connectivity index (χ0v) is 12.2. The molecule has 1 rings (SSSR count). The lowest BCUT2D eigenvalue weighted by molar-refractivity contribution is -0.120. The van der Waals surface area contributed by atoms with Gasteiger partial charge in [0, 0.05) is 19.7 Å².